The molecule has 0 fully saturated rings. The van der Waals surface area contributed by atoms with Crippen molar-refractivity contribution < 1.29 is 19.3 Å². The molecule has 38 heavy (non-hydrogen) atoms. The van der Waals surface area contributed by atoms with E-state index in [1.807, 2.05) is 82.5 Å². The number of pyridine rings is 2. The molecule has 0 saturated carbocycles. The van der Waals surface area contributed by atoms with Crippen LogP contribution in [-0.2, 0) is 0 Å². The number of nitrogen functional groups attached to an aromatic ring is 2. The molecule has 0 aliphatic heterocycles. The van der Waals surface area contributed by atoms with Gasteiger partial charge in [-0.1, -0.05) is 22.7 Å². The lowest BCUT2D eigenvalue weighted by molar-refractivity contribution is -0.596. The number of phenolic OH excluding ortho intramolecular Hbond substituents is 2. The van der Waals surface area contributed by atoms with Gasteiger partial charge in [-0.15, -0.1) is 20.4 Å². The number of rotatable bonds is 5. The van der Waals surface area contributed by atoms with Gasteiger partial charge in [-0.2, -0.15) is 9.13 Å². The monoisotopic (exact) mass is 540 g/mol. The van der Waals surface area contributed by atoms with Crippen molar-refractivity contribution in [3.63, 3.8) is 0 Å². The van der Waals surface area contributed by atoms with E-state index >= 15 is 0 Å². The Bertz CT molecular complexity index is 1630. The van der Waals surface area contributed by atoms with E-state index < -0.39 is 0 Å². The molecule has 0 aliphatic rings. The van der Waals surface area contributed by atoms with Crippen LogP contribution >= 0.6 is 22.7 Å². The van der Waals surface area contributed by atoms with Gasteiger partial charge in [0, 0.05) is 48.5 Å². The standard InChI is InChI=1S/C26H18N8O2S2/c27-25-31-29-23(37-25)19-13-17(1-3-21(19)35)33-9-5-15(6-10-33)16-7-11-34(12-8-16)18-2-4-22(36)20(14-18)24-30-32-26(28)38-24/h1-14H,(H4,27,28,29,30,31,32,35,36)/p+2. The summed E-state index contributed by atoms with van der Waals surface area (Å²) in [6, 6.07) is 18.7. The average Bonchev–Trinajstić information content (AvgIpc) is 3.57. The Morgan fingerprint density at radius 3 is 1.29 bits per heavy atom. The van der Waals surface area contributed by atoms with Gasteiger partial charge in [0.05, 0.1) is 11.1 Å². The second kappa shape index (κ2) is 9.50. The molecule has 4 heterocycles. The van der Waals surface area contributed by atoms with Crippen molar-refractivity contribution in [1.82, 2.24) is 20.4 Å². The molecule has 0 spiro atoms. The van der Waals surface area contributed by atoms with Crippen LogP contribution in [0.3, 0.4) is 0 Å². The molecule has 0 unspecified atom stereocenters. The van der Waals surface area contributed by atoms with E-state index in [2.05, 4.69) is 20.4 Å². The molecule has 6 rings (SSSR count). The van der Waals surface area contributed by atoms with Gasteiger partial charge < -0.3 is 21.7 Å². The number of anilines is 2. The quantitative estimate of drug-likeness (QED) is 0.242. The zero-order valence-electron chi connectivity index (χ0n) is 19.6. The fraction of sp³-hybridized carbons (Fsp3) is 0. The van der Waals surface area contributed by atoms with Crippen molar-refractivity contribution >= 4 is 32.9 Å². The van der Waals surface area contributed by atoms with Crippen LogP contribution in [-0.4, -0.2) is 30.6 Å². The lowest BCUT2D eigenvalue weighted by atomic mass is 10.1. The minimum absolute atomic E-state index is 0.118. The SMILES string of the molecule is Nc1nnc(-c2cc(-[n+]3ccc(-c4cc[n+](-c5ccc(O)c(-c6nnc(N)s6)c5)cc4)cc3)ccc2O)s1. The van der Waals surface area contributed by atoms with Gasteiger partial charge in [0.1, 0.15) is 11.5 Å². The first-order valence-electron chi connectivity index (χ1n) is 11.3. The summed E-state index contributed by atoms with van der Waals surface area (Å²) in [5, 5.41) is 38.2. The third kappa shape index (κ3) is 4.49. The van der Waals surface area contributed by atoms with E-state index in [0.717, 1.165) is 22.5 Å². The van der Waals surface area contributed by atoms with E-state index in [1.54, 1.807) is 12.1 Å². The van der Waals surface area contributed by atoms with Gasteiger partial charge in [-0.05, 0) is 23.3 Å². The lowest BCUT2D eigenvalue weighted by Crippen LogP contribution is -2.29. The number of aromatic hydroxyl groups is 2. The molecule has 186 valence electrons. The molecule has 6 N–H and O–H groups in total. The van der Waals surface area contributed by atoms with Crippen molar-refractivity contribution in [3.05, 3.63) is 85.5 Å². The average molecular weight is 541 g/mol. The van der Waals surface area contributed by atoms with Crippen molar-refractivity contribution in [2.75, 3.05) is 11.5 Å². The van der Waals surface area contributed by atoms with Gasteiger partial charge in [0.15, 0.2) is 34.8 Å². The highest BCUT2D eigenvalue weighted by atomic mass is 32.1. The van der Waals surface area contributed by atoms with Crippen LogP contribution < -0.4 is 20.6 Å². The predicted octanol–water partition coefficient (Wildman–Crippen LogP) is 3.52. The Kier molecular flexibility index (Phi) is 5.86. The van der Waals surface area contributed by atoms with E-state index in [0.29, 0.717) is 31.4 Å². The number of hydrogen-bond acceptors (Lipinski definition) is 10. The van der Waals surface area contributed by atoms with Crippen LogP contribution in [0, 0.1) is 0 Å². The number of nitrogens with zero attached hydrogens (tertiary/aromatic N) is 6. The maximum absolute atomic E-state index is 10.3. The van der Waals surface area contributed by atoms with E-state index in [4.69, 9.17) is 11.5 Å². The summed E-state index contributed by atoms with van der Waals surface area (Å²) in [6.07, 6.45) is 7.84. The van der Waals surface area contributed by atoms with Gasteiger partial charge in [-0.25, -0.2) is 0 Å². The molecule has 4 aromatic heterocycles. The zero-order chi connectivity index (χ0) is 26.2. The number of phenols is 2. The fourth-order valence-electron chi connectivity index (χ4n) is 3.98. The van der Waals surface area contributed by atoms with Crippen LogP contribution in [0.25, 0.3) is 43.6 Å². The van der Waals surface area contributed by atoms with Crippen molar-refractivity contribution in [1.29, 1.82) is 0 Å². The molecule has 0 bridgehead atoms. The first kappa shape index (κ1) is 23.5. The molecule has 0 atom stereocenters. The third-order valence-corrected chi connectivity index (χ3v) is 7.46. The van der Waals surface area contributed by atoms with Gasteiger partial charge in [-0.3, -0.25) is 0 Å². The molecule has 6 aromatic rings. The van der Waals surface area contributed by atoms with E-state index in [-0.39, 0.29) is 11.5 Å². The highest BCUT2D eigenvalue weighted by Gasteiger charge is 2.17. The summed E-state index contributed by atoms with van der Waals surface area (Å²) in [7, 11) is 0. The normalized spacial score (nSPS) is 11.1. The van der Waals surface area contributed by atoms with Crippen LogP contribution in [0.15, 0.2) is 85.5 Å². The summed E-state index contributed by atoms with van der Waals surface area (Å²) >= 11 is 2.44. The van der Waals surface area contributed by atoms with E-state index in [1.165, 1.54) is 22.7 Å². The summed E-state index contributed by atoms with van der Waals surface area (Å²) in [5.74, 6) is 0.237. The van der Waals surface area contributed by atoms with Crippen LogP contribution in [0.2, 0.25) is 0 Å². The molecule has 12 heteroatoms. The lowest BCUT2D eigenvalue weighted by Gasteiger charge is -2.04. The molecular weight excluding hydrogens is 520 g/mol. The molecule has 0 aliphatic carbocycles. The van der Waals surface area contributed by atoms with Gasteiger partial charge in [0.2, 0.25) is 21.6 Å². The highest BCUT2D eigenvalue weighted by molar-refractivity contribution is 7.18. The first-order valence-corrected chi connectivity index (χ1v) is 13.0. The first-order chi connectivity index (χ1) is 18.4. The Balaban J connectivity index is 1.25. The molecule has 2 aromatic carbocycles. The smallest absolute Gasteiger partial charge is 0.211 e. The Labute approximate surface area is 224 Å². The third-order valence-electron chi connectivity index (χ3n) is 5.89. The summed E-state index contributed by atoms with van der Waals surface area (Å²) in [5.41, 5.74) is 16.4. The largest absolute Gasteiger partial charge is 0.507 e. The fourth-order valence-corrected chi connectivity index (χ4v) is 5.25. The van der Waals surface area contributed by atoms with Crippen molar-refractivity contribution in [2.45, 2.75) is 0 Å². The number of aromatic nitrogens is 6. The summed E-state index contributed by atoms with van der Waals surface area (Å²) in [6.45, 7) is 0. The number of nitrogens with two attached hydrogens (primary N) is 2. The van der Waals surface area contributed by atoms with Gasteiger partial charge >= 0.3 is 0 Å². The molecular formula is C26H20N8O2S2+2. The summed E-state index contributed by atoms with van der Waals surface area (Å²) in [4.78, 5) is 0. The Hall–Kier alpha value is -4.94. The topological polar surface area (TPSA) is 152 Å². The Morgan fingerprint density at radius 2 is 0.947 bits per heavy atom. The predicted molar refractivity (Wildman–Crippen MR) is 145 cm³/mol. The molecule has 0 radical (unpaired) electrons. The zero-order valence-corrected chi connectivity index (χ0v) is 21.3. The van der Waals surface area contributed by atoms with Crippen molar-refractivity contribution in [2.24, 2.45) is 0 Å². The van der Waals surface area contributed by atoms with Crippen molar-refractivity contribution in [3.8, 4) is 55.1 Å². The molecule has 10 nitrogen and oxygen atoms in total. The maximum atomic E-state index is 10.3. The number of benzene rings is 2. The molecule has 0 amide bonds. The summed E-state index contributed by atoms with van der Waals surface area (Å²) < 4.78 is 3.91. The van der Waals surface area contributed by atoms with Crippen LogP contribution in [0.1, 0.15) is 0 Å². The second-order valence-corrected chi connectivity index (χ2v) is 10.3. The minimum Gasteiger partial charge on any atom is -0.507 e. The minimum atomic E-state index is 0.118. The molecule has 0 saturated heterocycles. The van der Waals surface area contributed by atoms with Crippen LogP contribution in [0.5, 0.6) is 11.5 Å². The second-order valence-electron chi connectivity index (χ2n) is 8.28. The highest BCUT2D eigenvalue weighted by Crippen LogP contribution is 2.34. The Morgan fingerprint density at radius 1 is 0.553 bits per heavy atom. The number of hydrogen-bond donors (Lipinski definition) is 4. The van der Waals surface area contributed by atoms with Gasteiger partial charge in [0.25, 0.3) is 0 Å². The van der Waals surface area contributed by atoms with E-state index in [9.17, 15) is 10.2 Å². The van der Waals surface area contributed by atoms with Crippen LogP contribution in [0.4, 0.5) is 10.3 Å². The maximum Gasteiger partial charge on any atom is 0.211 e.